The van der Waals surface area contributed by atoms with Crippen LogP contribution in [0.25, 0.3) is 5.69 Å². The third-order valence-electron chi connectivity index (χ3n) is 3.54. The van der Waals surface area contributed by atoms with Gasteiger partial charge >= 0.3 is 0 Å². The zero-order chi connectivity index (χ0) is 17.8. The number of nitrogens with zero attached hydrogens (tertiary/aromatic N) is 4. The van der Waals surface area contributed by atoms with Gasteiger partial charge in [0, 0.05) is 36.8 Å². The summed E-state index contributed by atoms with van der Waals surface area (Å²) in [6.07, 6.45) is 5.18. The van der Waals surface area contributed by atoms with Crippen molar-refractivity contribution in [2.75, 3.05) is 18.9 Å². The van der Waals surface area contributed by atoms with Crippen LogP contribution >= 0.6 is 0 Å². The summed E-state index contributed by atoms with van der Waals surface area (Å²) in [5.74, 6) is 0.327. The average Bonchev–Trinajstić information content (AvgIpc) is 3.26. The number of likely N-dealkylation sites (N-methyl/N-ethyl adjacent to an activating group) is 1. The van der Waals surface area contributed by atoms with Gasteiger partial charge < -0.3 is 19.3 Å². The number of hydrogen-bond donors (Lipinski definition) is 1. The van der Waals surface area contributed by atoms with Gasteiger partial charge in [0.05, 0.1) is 12.9 Å². The molecule has 1 aromatic carbocycles. The third kappa shape index (κ3) is 3.92. The van der Waals surface area contributed by atoms with E-state index in [1.165, 1.54) is 4.90 Å². The molecule has 3 rings (SSSR count). The van der Waals surface area contributed by atoms with E-state index in [9.17, 15) is 9.59 Å². The van der Waals surface area contributed by atoms with Gasteiger partial charge in [0.25, 0.3) is 5.91 Å². The molecule has 0 bridgehead atoms. The molecule has 0 atom stereocenters. The van der Waals surface area contributed by atoms with E-state index in [1.807, 2.05) is 22.9 Å². The highest BCUT2D eigenvalue weighted by Gasteiger charge is 2.16. The topological polar surface area (TPSA) is 93.3 Å². The molecular weight excluding hydrogens is 322 g/mol. The summed E-state index contributed by atoms with van der Waals surface area (Å²) in [5, 5.41) is 6.26. The van der Waals surface area contributed by atoms with Gasteiger partial charge in [-0.3, -0.25) is 9.59 Å². The number of nitrogens with one attached hydrogen (secondary N) is 1. The minimum atomic E-state index is -0.348. The average molecular weight is 339 g/mol. The van der Waals surface area contributed by atoms with E-state index in [1.54, 1.807) is 44.7 Å². The molecule has 0 spiro atoms. The Morgan fingerprint density at radius 2 is 2.04 bits per heavy atom. The summed E-state index contributed by atoms with van der Waals surface area (Å²) >= 11 is 0. The summed E-state index contributed by atoms with van der Waals surface area (Å²) in [6, 6.07) is 8.68. The lowest BCUT2D eigenvalue weighted by atomic mass is 10.2. The highest BCUT2D eigenvalue weighted by Crippen LogP contribution is 2.11. The van der Waals surface area contributed by atoms with Crippen LogP contribution in [0.4, 0.5) is 5.82 Å². The molecule has 0 radical (unpaired) electrons. The Bertz CT molecular complexity index is 868. The van der Waals surface area contributed by atoms with E-state index < -0.39 is 0 Å². The van der Waals surface area contributed by atoms with Crippen molar-refractivity contribution >= 4 is 17.6 Å². The summed E-state index contributed by atoms with van der Waals surface area (Å²) < 4.78 is 6.72. The van der Waals surface area contributed by atoms with Crippen LogP contribution in [0.1, 0.15) is 16.1 Å². The molecule has 8 heteroatoms. The summed E-state index contributed by atoms with van der Waals surface area (Å²) in [5.41, 5.74) is 1.40. The third-order valence-corrected chi connectivity index (χ3v) is 3.54. The van der Waals surface area contributed by atoms with Crippen molar-refractivity contribution in [3.8, 4) is 5.69 Å². The molecule has 2 amide bonds. The largest absolute Gasteiger partial charge is 0.360 e. The summed E-state index contributed by atoms with van der Waals surface area (Å²) in [7, 11) is 1.57. The maximum atomic E-state index is 12.4. The fourth-order valence-electron chi connectivity index (χ4n) is 2.30. The lowest BCUT2D eigenvalue weighted by Gasteiger charge is -2.16. The van der Waals surface area contributed by atoms with Crippen LogP contribution in [0.2, 0.25) is 0 Å². The minimum absolute atomic E-state index is 0.0893. The van der Waals surface area contributed by atoms with E-state index >= 15 is 0 Å². The second-order valence-corrected chi connectivity index (χ2v) is 5.55. The molecule has 128 valence electrons. The molecule has 0 saturated carbocycles. The maximum absolute atomic E-state index is 12.4. The second kappa shape index (κ2) is 7.00. The molecule has 2 heterocycles. The Morgan fingerprint density at radius 3 is 2.64 bits per heavy atom. The van der Waals surface area contributed by atoms with Crippen LogP contribution in [0.5, 0.6) is 0 Å². The minimum Gasteiger partial charge on any atom is -0.360 e. The first-order valence-electron chi connectivity index (χ1n) is 7.60. The Balaban J connectivity index is 1.60. The first kappa shape index (κ1) is 16.4. The number of aryl methyl sites for hydroxylation is 1. The lowest BCUT2D eigenvalue weighted by molar-refractivity contribution is -0.116. The number of aromatic nitrogens is 3. The van der Waals surface area contributed by atoms with Gasteiger partial charge in [0.15, 0.2) is 5.82 Å². The van der Waals surface area contributed by atoms with E-state index in [2.05, 4.69) is 15.5 Å². The van der Waals surface area contributed by atoms with Crippen molar-refractivity contribution < 1.29 is 14.1 Å². The molecule has 0 saturated heterocycles. The second-order valence-electron chi connectivity index (χ2n) is 5.55. The van der Waals surface area contributed by atoms with Gasteiger partial charge in [0.1, 0.15) is 5.76 Å². The van der Waals surface area contributed by atoms with E-state index in [-0.39, 0.29) is 18.4 Å². The predicted molar refractivity (Wildman–Crippen MR) is 90.4 cm³/mol. The molecule has 2 aromatic heterocycles. The molecule has 0 aliphatic heterocycles. The summed E-state index contributed by atoms with van der Waals surface area (Å²) in [6.45, 7) is 1.64. The van der Waals surface area contributed by atoms with Gasteiger partial charge in [-0.15, -0.1) is 0 Å². The quantitative estimate of drug-likeness (QED) is 0.766. The number of amides is 2. The number of carbonyl (C=O) groups is 2. The standard InChI is InChI=1S/C17H17N5O3/c1-12-9-15(20-25-12)19-16(23)10-21(2)17(24)13-3-5-14(6-4-13)22-8-7-18-11-22/h3-9,11H,10H2,1-2H3,(H,19,20,23). The van der Waals surface area contributed by atoms with Crippen molar-refractivity contribution in [1.29, 1.82) is 0 Å². The van der Waals surface area contributed by atoms with Crippen LogP contribution in [0.15, 0.2) is 53.6 Å². The van der Waals surface area contributed by atoms with Gasteiger partial charge in [-0.25, -0.2) is 4.98 Å². The van der Waals surface area contributed by atoms with Crippen LogP contribution in [-0.4, -0.2) is 45.0 Å². The molecule has 1 N–H and O–H groups in total. The number of hydrogen-bond acceptors (Lipinski definition) is 5. The zero-order valence-electron chi connectivity index (χ0n) is 13.8. The number of imidazole rings is 1. The van der Waals surface area contributed by atoms with Gasteiger partial charge in [-0.05, 0) is 31.2 Å². The molecule has 3 aromatic rings. The van der Waals surface area contributed by atoms with Crippen LogP contribution in [-0.2, 0) is 4.79 Å². The zero-order valence-corrected chi connectivity index (χ0v) is 13.8. The first-order valence-corrected chi connectivity index (χ1v) is 7.60. The SMILES string of the molecule is Cc1cc(NC(=O)CN(C)C(=O)c2ccc(-n3ccnc3)cc2)no1. The monoisotopic (exact) mass is 339 g/mol. The van der Waals surface area contributed by atoms with Crippen molar-refractivity contribution in [2.45, 2.75) is 6.92 Å². The van der Waals surface area contributed by atoms with E-state index in [0.29, 0.717) is 17.1 Å². The molecular formula is C17H17N5O3. The van der Waals surface area contributed by atoms with Crippen LogP contribution < -0.4 is 5.32 Å². The van der Waals surface area contributed by atoms with Crippen LogP contribution in [0, 0.1) is 6.92 Å². The van der Waals surface area contributed by atoms with Crippen molar-refractivity contribution in [1.82, 2.24) is 19.6 Å². The number of rotatable bonds is 5. The predicted octanol–water partition coefficient (Wildman–Crippen LogP) is 1.88. The molecule has 25 heavy (non-hydrogen) atoms. The highest BCUT2D eigenvalue weighted by molar-refractivity contribution is 5.99. The number of benzene rings is 1. The smallest absolute Gasteiger partial charge is 0.254 e. The Labute approximate surface area is 144 Å². The molecule has 8 nitrogen and oxygen atoms in total. The van der Waals surface area contributed by atoms with Gasteiger partial charge in [0.2, 0.25) is 5.91 Å². The number of carbonyl (C=O) groups excluding carboxylic acids is 2. The maximum Gasteiger partial charge on any atom is 0.254 e. The van der Waals surface area contributed by atoms with Gasteiger partial charge in [-0.2, -0.15) is 0 Å². The summed E-state index contributed by atoms with van der Waals surface area (Å²) in [4.78, 5) is 29.7. The highest BCUT2D eigenvalue weighted by atomic mass is 16.5. The lowest BCUT2D eigenvalue weighted by Crippen LogP contribution is -2.35. The number of anilines is 1. The first-order chi connectivity index (χ1) is 12.0. The molecule has 0 aliphatic carbocycles. The Kier molecular flexibility index (Phi) is 4.60. The van der Waals surface area contributed by atoms with Crippen molar-refractivity contribution in [2.24, 2.45) is 0 Å². The molecule has 0 unspecified atom stereocenters. The van der Waals surface area contributed by atoms with E-state index in [0.717, 1.165) is 5.69 Å². The Hall–Kier alpha value is -3.42. The van der Waals surface area contributed by atoms with Crippen LogP contribution in [0.3, 0.4) is 0 Å². The van der Waals surface area contributed by atoms with Crippen molar-refractivity contribution in [3.05, 3.63) is 60.4 Å². The molecule has 0 aliphatic rings. The van der Waals surface area contributed by atoms with Crippen molar-refractivity contribution in [3.63, 3.8) is 0 Å². The fourth-order valence-corrected chi connectivity index (χ4v) is 2.30. The molecule has 0 fully saturated rings. The normalized spacial score (nSPS) is 10.5. The van der Waals surface area contributed by atoms with E-state index in [4.69, 9.17) is 4.52 Å². The Morgan fingerprint density at radius 1 is 1.28 bits per heavy atom. The van der Waals surface area contributed by atoms with Gasteiger partial charge in [-0.1, -0.05) is 5.16 Å². The fraction of sp³-hybridized carbons (Fsp3) is 0.176.